The van der Waals surface area contributed by atoms with E-state index in [1.54, 1.807) is 0 Å². The van der Waals surface area contributed by atoms with Gasteiger partial charge in [-0.25, -0.2) is 0 Å². The first kappa shape index (κ1) is 17.8. The number of piperazine rings is 1. The van der Waals surface area contributed by atoms with Crippen molar-refractivity contribution in [3.05, 3.63) is 29.3 Å². The van der Waals surface area contributed by atoms with Crippen LogP contribution < -0.4 is 10.1 Å². The van der Waals surface area contributed by atoms with Crippen LogP contribution in [0, 0.1) is 13.8 Å². The quantitative estimate of drug-likeness (QED) is 0.927. The van der Waals surface area contributed by atoms with E-state index in [0.717, 1.165) is 30.9 Å². The number of hydrogen-bond acceptors (Lipinski definition) is 3. The normalized spacial score (nSPS) is 18.0. The van der Waals surface area contributed by atoms with E-state index in [1.165, 1.54) is 5.56 Å². The lowest BCUT2D eigenvalue weighted by Gasteiger charge is -2.34. The molecule has 1 fully saturated rings. The van der Waals surface area contributed by atoms with Gasteiger partial charge >= 0.3 is 0 Å². The third-order valence-electron chi connectivity index (χ3n) is 3.74. The molecule has 1 saturated heterocycles. The van der Waals surface area contributed by atoms with Gasteiger partial charge in [-0.3, -0.25) is 4.79 Å². The zero-order chi connectivity index (χ0) is 14.5. The van der Waals surface area contributed by atoms with Crippen molar-refractivity contribution in [2.24, 2.45) is 0 Å². The fourth-order valence-electron chi connectivity index (χ4n) is 2.47. The standard InChI is InChI=1S/C16H24N2O2.ClH/c1-12-4-5-13(2)15(10-12)20-9-6-16(19)18-8-7-17-11-14(18)3;/h4-5,10,14,17H,6-9,11H2,1-3H3;1H. The summed E-state index contributed by atoms with van der Waals surface area (Å²) in [6.45, 7) is 9.14. The van der Waals surface area contributed by atoms with Gasteiger partial charge in [-0.2, -0.15) is 0 Å². The highest BCUT2D eigenvalue weighted by Crippen LogP contribution is 2.19. The Kier molecular flexibility index (Phi) is 6.99. The molecule has 1 amide bonds. The van der Waals surface area contributed by atoms with E-state index in [4.69, 9.17) is 4.74 Å². The molecule has 5 heteroatoms. The summed E-state index contributed by atoms with van der Waals surface area (Å²) in [7, 11) is 0. The molecule has 118 valence electrons. The third kappa shape index (κ3) is 4.90. The summed E-state index contributed by atoms with van der Waals surface area (Å²) in [4.78, 5) is 14.1. The number of aryl methyl sites for hydroxylation is 2. The highest BCUT2D eigenvalue weighted by Gasteiger charge is 2.22. The van der Waals surface area contributed by atoms with Gasteiger partial charge in [-0.15, -0.1) is 12.4 Å². The molecule has 1 atom stereocenters. The predicted molar refractivity (Wildman–Crippen MR) is 87.3 cm³/mol. The fraction of sp³-hybridized carbons (Fsp3) is 0.562. The van der Waals surface area contributed by atoms with Crippen LogP contribution in [-0.2, 0) is 4.79 Å². The summed E-state index contributed by atoms with van der Waals surface area (Å²) in [6, 6.07) is 6.41. The second kappa shape index (κ2) is 8.25. The molecule has 1 aromatic carbocycles. The average molecular weight is 313 g/mol. The molecule has 0 aliphatic carbocycles. The minimum absolute atomic E-state index is 0. The molecular weight excluding hydrogens is 288 g/mol. The number of halogens is 1. The van der Waals surface area contributed by atoms with Gasteiger partial charge in [0, 0.05) is 25.7 Å². The minimum atomic E-state index is 0. The van der Waals surface area contributed by atoms with Crippen molar-refractivity contribution in [3.63, 3.8) is 0 Å². The van der Waals surface area contributed by atoms with E-state index >= 15 is 0 Å². The van der Waals surface area contributed by atoms with E-state index in [1.807, 2.05) is 30.9 Å². The first-order chi connectivity index (χ1) is 9.58. The lowest BCUT2D eigenvalue weighted by atomic mass is 10.1. The molecule has 4 nitrogen and oxygen atoms in total. The Balaban J connectivity index is 0.00000220. The van der Waals surface area contributed by atoms with Gasteiger partial charge in [0.05, 0.1) is 13.0 Å². The van der Waals surface area contributed by atoms with Crippen LogP contribution >= 0.6 is 12.4 Å². The van der Waals surface area contributed by atoms with Gasteiger partial charge in [0.15, 0.2) is 0 Å². The SMILES string of the molecule is Cc1ccc(C)c(OCCC(=O)N2CCNCC2C)c1.Cl. The second-order valence-corrected chi connectivity index (χ2v) is 5.51. The highest BCUT2D eigenvalue weighted by molar-refractivity contribution is 5.85. The number of hydrogen-bond donors (Lipinski definition) is 1. The molecule has 1 unspecified atom stereocenters. The summed E-state index contributed by atoms with van der Waals surface area (Å²) in [5, 5.41) is 3.29. The van der Waals surface area contributed by atoms with Gasteiger partial charge < -0.3 is 15.0 Å². The van der Waals surface area contributed by atoms with Gasteiger partial charge in [0.1, 0.15) is 5.75 Å². The number of nitrogens with zero attached hydrogens (tertiary/aromatic N) is 1. The number of carbonyl (C=O) groups is 1. The topological polar surface area (TPSA) is 41.6 Å². The lowest BCUT2D eigenvalue weighted by Crippen LogP contribution is -2.52. The monoisotopic (exact) mass is 312 g/mol. The lowest BCUT2D eigenvalue weighted by molar-refractivity contribution is -0.134. The summed E-state index contributed by atoms with van der Waals surface area (Å²) in [5.41, 5.74) is 2.28. The maximum Gasteiger partial charge on any atom is 0.226 e. The number of rotatable bonds is 4. The van der Waals surface area contributed by atoms with E-state index < -0.39 is 0 Å². The summed E-state index contributed by atoms with van der Waals surface area (Å²) in [6.07, 6.45) is 0.442. The van der Waals surface area contributed by atoms with Crippen molar-refractivity contribution in [3.8, 4) is 5.75 Å². The number of ether oxygens (including phenoxy) is 1. The molecule has 0 aromatic heterocycles. The predicted octanol–water partition coefficient (Wildman–Crippen LogP) is 2.31. The molecule has 1 heterocycles. The number of nitrogens with one attached hydrogen (secondary N) is 1. The molecule has 0 radical (unpaired) electrons. The van der Waals surface area contributed by atoms with Crippen LogP contribution in [-0.4, -0.2) is 43.1 Å². The zero-order valence-electron chi connectivity index (χ0n) is 13.0. The molecule has 2 rings (SSSR count). The summed E-state index contributed by atoms with van der Waals surface area (Å²) in [5.74, 6) is 1.07. The molecule has 0 bridgehead atoms. The largest absolute Gasteiger partial charge is 0.493 e. The molecular formula is C16H25ClN2O2. The fourth-order valence-corrected chi connectivity index (χ4v) is 2.47. The molecule has 21 heavy (non-hydrogen) atoms. The van der Waals surface area contributed by atoms with Crippen molar-refractivity contribution in [2.45, 2.75) is 33.2 Å². The highest BCUT2D eigenvalue weighted by atomic mass is 35.5. The number of carbonyl (C=O) groups excluding carboxylic acids is 1. The van der Waals surface area contributed by atoms with Crippen molar-refractivity contribution in [1.82, 2.24) is 10.2 Å². The Hall–Kier alpha value is -1.26. The van der Waals surface area contributed by atoms with E-state index in [-0.39, 0.29) is 24.4 Å². The Morgan fingerprint density at radius 2 is 2.19 bits per heavy atom. The zero-order valence-corrected chi connectivity index (χ0v) is 13.8. The van der Waals surface area contributed by atoms with Crippen LogP contribution in [0.3, 0.4) is 0 Å². The summed E-state index contributed by atoms with van der Waals surface area (Å²) >= 11 is 0. The number of amides is 1. The molecule has 0 spiro atoms. The molecule has 1 N–H and O–H groups in total. The molecule has 1 aliphatic heterocycles. The first-order valence-electron chi connectivity index (χ1n) is 7.28. The van der Waals surface area contributed by atoms with Gasteiger partial charge in [0.25, 0.3) is 0 Å². The van der Waals surface area contributed by atoms with Crippen LogP contribution in [0.15, 0.2) is 18.2 Å². The average Bonchev–Trinajstić information content (AvgIpc) is 2.43. The smallest absolute Gasteiger partial charge is 0.226 e. The van der Waals surface area contributed by atoms with Crippen LogP contribution in [0.25, 0.3) is 0 Å². The van der Waals surface area contributed by atoms with Gasteiger partial charge in [0.2, 0.25) is 5.91 Å². The Labute approximate surface area is 133 Å². The van der Waals surface area contributed by atoms with Crippen LogP contribution in [0.2, 0.25) is 0 Å². The van der Waals surface area contributed by atoms with E-state index in [2.05, 4.69) is 18.3 Å². The Morgan fingerprint density at radius 3 is 2.90 bits per heavy atom. The third-order valence-corrected chi connectivity index (χ3v) is 3.74. The molecule has 0 saturated carbocycles. The second-order valence-electron chi connectivity index (χ2n) is 5.51. The summed E-state index contributed by atoms with van der Waals surface area (Å²) < 4.78 is 5.75. The maximum atomic E-state index is 12.2. The maximum absolute atomic E-state index is 12.2. The Bertz CT molecular complexity index is 479. The Morgan fingerprint density at radius 1 is 1.43 bits per heavy atom. The minimum Gasteiger partial charge on any atom is -0.493 e. The van der Waals surface area contributed by atoms with Crippen LogP contribution in [0.4, 0.5) is 0 Å². The van der Waals surface area contributed by atoms with Crippen LogP contribution in [0.5, 0.6) is 5.75 Å². The first-order valence-corrected chi connectivity index (χ1v) is 7.28. The molecule has 1 aliphatic rings. The van der Waals surface area contributed by atoms with Gasteiger partial charge in [-0.1, -0.05) is 12.1 Å². The van der Waals surface area contributed by atoms with Crippen molar-refractivity contribution < 1.29 is 9.53 Å². The van der Waals surface area contributed by atoms with E-state index in [0.29, 0.717) is 13.0 Å². The van der Waals surface area contributed by atoms with Gasteiger partial charge in [-0.05, 0) is 38.0 Å². The molecule has 1 aromatic rings. The van der Waals surface area contributed by atoms with Crippen molar-refractivity contribution >= 4 is 18.3 Å². The van der Waals surface area contributed by atoms with Crippen molar-refractivity contribution in [2.75, 3.05) is 26.2 Å². The van der Waals surface area contributed by atoms with Crippen molar-refractivity contribution in [1.29, 1.82) is 0 Å². The van der Waals surface area contributed by atoms with E-state index in [9.17, 15) is 4.79 Å². The van der Waals surface area contributed by atoms with Crippen LogP contribution in [0.1, 0.15) is 24.5 Å². The number of benzene rings is 1.